The molecule has 1 aromatic rings. The number of likely N-dealkylation sites (tertiary alicyclic amines) is 1. The van der Waals surface area contributed by atoms with Gasteiger partial charge in [0.2, 0.25) is 5.91 Å². The number of fused-ring (bicyclic) bond motifs is 1. The van der Waals surface area contributed by atoms with E-state index in [2.05, 4.69) is 4.74 Å². The number of carbonyl (C=O) groups is 1. The van der Waals surface area contributed by atoms with Gasteiger partial charge in [-0.25, -0.2) is 0 Å². The first kappa shape index (κ1) is 17.1. The highest BCUT2D eigenvalue weighted by atomic mass is 19.4. The van der Waals surface area contributed by atoms with E-state index in [1.165, 1.54) is 12.1 Å². The fraction of sp³-hybridized carbons (Fsp3) is 0.588. The van der Waals surface area contributed by atoms with Crippen molar-refractivity contribution < 1.29 is 22.7 Å². The third-order valence-corrected chi connectivity index (χ3v) is 5.07. The molecule has 2 aliphatic rings. The van der Waals surface area contributed by atoms with Crippen LogP contribution < -0.4 is 10.5 Å². The zero-order chi connectivity index (χ0) is 17.3. The number of alkyl halides is 3. The van der Waals surface area contributed by atoms with E-state index in [-0.39, 0.29) is 30.5 Å². The maximum Gasteiger partial charge on any atom is 0.573 e. The van der Waals surface area contributed by atoms with Gasteiger partial charge in [0.1, 0.15) is 5.75 Å². The molecule has 1 saturated carbocycles. The molecule has 1 saturated heterocycles. The zero-order valence-corrected chi connectivity index (χ0v) is 13.3. The fourth-order valence-electron chi connectivity index (χ4n) is 3.85. The van der Waals surface area contributed by atoms with E-state index < -0.39 is 6.36 Å². The minimum atomic E-state index is -4.73. The van der Waals surface area contributed by atoms with Crippen molar-refractivity contribution in [2.24, 2.45) is 17.6 Å². The quantitative estimate of drug-likeness (QED) is 0.915. The number of nitrogens with two attached hydrogens (primary N) is 1. The van der Waals surface area contributed by atoms with Gasteiger partial charge in [-0.3, -0.25) is 4.79 Å². The lowest BCUT2D eigenvalue weighted by Gasteiger charge is -2.19. The van der Waals surface area contributed by atoms with Crippen LogP contribution in [0.2, 0.25) is 0 Å². The number of hydrogen-bond donors (Lipinski definition) is 1. The summed E-state index contributed by atoms with van der Waals surface area (Å²) in [5, 5.41) is 0. The van der Waals surface area contributed by atoms with Crippen molar-refractivity contribution in [3.8, 4) is 5.75 Å². The molecule has 1 aromatic carbocycles. The minimum absolute atomic E-state index is 0.0292. The molecule has 132 valence electrons. The topological polar surface area (TPSA) is 55.6 Å². The Balaban J connectivity index is 1.57. The number of benzene rings is 1. The molecule has 0 spiro atoms. The Bertz CT molecular complexity index is 606. The van der Waals surface area contributed by atoms with Crippen LogP contribution in [-0.4, -0.2) is 36.3 Å². The first-order chi connectivity index (χ1) is 11.3. The number of nitrogens with zero attached hydrogens (tertiary/aromatic N) is 1. The van der Waals surface area contributed by atoms with Gasteiger partial charge in [-0.1, -0.05) is 18.2 Å². The highest BCUT2D eigenvalue weighted by molar-refractivity contribution is 5.77. The van der Waals surface area contributed by atoms with Crippen molar-refractivity contribution in [1.82, 2.24) is 4.90 Å². The molecule has 1 heterocycles. The fourth-order valence-corrected chi connectivity index (χ4v) is 3.85. The Morgan fingerprint density at radius 1 is 1.25 bits per heavy atom. The van der Waals surface area contributed by atoms with Crippen LogP contribution in [0, 0.1) is 11.8 Å². The molecule has 0 radical (unpaired) electrons. The summed E-state index contributed by atoms with van der Waals surface area (Å²) in [5.41, 5.74) is 6.45. The molecule has 0 aromatic heterocycles. The Morgan fingerprint density at radius 2 is 2.00 bits per heavy atom. The molecule has 7 heteroatoms. The Hall–Kier alpha value is -1.76. The van der Waals surface area contributed by atoms with E-state index in [9.17, 15) is 18.0 Å². The summed E-state index contributed by atoms with van der Waals surface area (Å²) in [5.74, 6) is 0.580. The number of hydrogen-bond acceptors (Lipinski definition) is 3. The Kier molecular flexibility index (Phi) is 4.71. The minimum Gasteiger partial charge on any atom is -0.406 e. The maximum atomic E-state index is 12.4. The summed E-state index contributed by atoms with van der Waals surface area (Å²) < 4.78 is 41.3. The van der Waals surface area contributed by atoms with Gasteiger partial charge in [-0.05, 0) is 42.7 Å². The van der Waals surface area contributed by atoms with Crippen LogP contribution in [0.15, 0.2) is 24.3 Å². The number of rotatable bonds is 4. The molecule has 1 aliphatic carbocycles. The number of para-hydroxylation sites is 1. The monoisotopic (exact) mass is 342 g/mol. The number of amides is 1. The molecule has 24 heavy (non-hydrogen) atoms. The smallest absolute Gasteiger partial charge is 0.406 e. The summed E-state index contributed by atoms with van der Waals surface area (Å²) in [6.45, 7) is 1.39. The molecule has 0 bridgehead atoms. The van der Waals surface area contributed by atoms with Gasteiger partial charge in [0, 0.05) is 25.6 Å². The van der Waals surface area contributed by atoms with Crippen molar-refractivity contribution in [2.45, 2.75) is 38.1 Å². The molecule has 3 rings (SSSR count). The molecular formula is C17H21F3N2O2. The van der Waals surface area contributed by atoms with E-state index in [0.29, 0.717) is 23.9 Å². The van der Waals surface area contributed by atoms with E-state index in [4.69, 9.17) is 5.73 Å². The van der Waals surface area contributed by atoms with Crippen molar-refractivity contribution in [1.29, 1.82) is 0 Å². The summed E-state index contributed by atoms with van der Waals surface area (Å²) in [7, 11) is 0. The third-order valence-electron chi connectivity index (χ3n) is 5.07. The molecule has 3 atom stereocenters. The number of aryl methyl sites for hydroxylation is 1. The van der Waals surface area contributed by atoms with Crippen LogP contribution in [0.5, 0.6) is 5.75 Å². The first-order valence-corrected chi connectivity index (χ1v) is 8.20. The highest BCUT2D eigenvalue weighted by Gasteiger charge is 2.42. The number of ether oxygens (including phenoxy) is 1. The third kappa shape index (κ3) is 3.83. The second-order valence-electron chi connectivity index (χ2n) is 6.62. The van der Waals surface area contributed by atoms with Crippen molar-refractivity contribution in [3.63, 3.8) is 0 Å². The maximum absolute atomic E-state index is 12.4. The molecule has 3 unspecified atom stereocenters. The largest absolute Gasteiger partial charge is 0.573 e. The Labute approximate surface area is 138 Å². The van der Waals surface area contributed by atoms with Crippen molar-refractivity contribution in [2.75, 3.05) is 13.1 Å². The van der Waals surface area contributed by atoms with Crippen molar-refractivity contribution in [3.05, 3.63) is 29.8 Å². The molecule has 2 fully saturated rings. The van der Waals surface area contributed by atoms with E-state index in [0.717, 1.165) is 19.4 Å². The van der Waals surface area contributed by atoms with Crippen LogP contribution in [0.3, 0.4) is 0 Å². The standard InChI is InChI=1S/C17H21F3N2O2/c18-17(19,20)24-15-4-2-1-3-11(15)6-8-16(23)22-9-12-5-7-14(21)13(12)10-22/h1-4,12-14H,5-10,21H2. The van der Waals surface area contributed by atoms with Gasteiger partial charge in [0.15, 0.2) is 0 Å². The Morgan fingerprint density at radius 3 is 2.71 bits per heavy atom. The van der Waals surface area contributed by atoms with Gasteiger partial charge in [-0.2, -0.15) is 0 Å². The molecule has 4 nitrogen and oxygen atoms in total. The molecule has 1 amide bonds. The summed E-state index contributed by atoms with van der Waals surface area (Å²) in [6.07, 6.45) is -2.27. The lowest BCUT2D eigenvalue weighted by atomic mass is 9.98. The predicted molar refractivity (Wildman–Crippen MR) is 82.2 cm³/mol. The zero-order valence-electron chi connectivity index (χ0n) is 13.3. The summed E-state index contributed by atoms with van der Waals surface area (Å²) in [4.78, 5) is 14.2. The SMILES string of the molecule is NC1CCC2CN(C(=O)CCc3ccccc3OC(F)(F)F)CC12. The van der Waals surface area contributed by atoms with Crippen LogP contribution >= 0.6 is 0 Å². The normalized spacial score (nSPS) is 26.5. The van der Waals surface area contributed by atoms with Gasteiger partial charge < -0.3 is 15.4 Å². The van der Waals surface area contributed by atoms with Crippen LogP contribution in [0.25, 0.3) is 0 Å². The van der Waals surface area contributed by atoms with Gasteiger partial charge in [0.05, 0.1) is 0 Å². The summed E-state index contributed by atoms with van der Waals surface area (Å²) in [6, 6.07) is 6.11. The van der Waals surface area contributed by atoms with E-state index in [1.807, 2.05) is 4.90 Å². The molecule has 1 aliphatic heterocycles. The predicted octanol–water partition coefficient (Wildman–Crippen LogP) is 2.71. The average Bonchev–Trinajstić information content (AvgIpc) is 3.07. The van der Waals surface area contributed by atoms with Crippen LogP contribution in [0.4, 0.5) is 13.2 Å². The van der Waals surface area contributed by atoms with Gasteiger partial charge >= 0.3 is 6.36 Å². The number of carbonyl (C=O) groups excluding carboxylic acids is 1. The van der Waals surface area contributed by atoms with Crippen LogP contribution in [-0.2, 0) is 11.2 Å². The lowest BCUT2D eigenvalue weighted by molar-refractivity contribution is -0.274. The van der Waals surface area contributed by atoms with Gasteiger partial charge in [0.25, 0.3) is 0 Å². The van der Waals surface area contributed by atoms with E-state index in [1.54, 1.807) is 12.1 Å². The highest BCUT2D eigenvalue weighted by Crippen LogP contribution is 2.37. The number of halogens is 3. The summed E-state index contributed by atoms with van der Waals surface area (Å²) >= 11 is 0. The second-order valence-corrected chi connectivity index (χ2v) is 6.62. The van der Waals surface area contributed by atoms with Gasteiger partial charge in [-0.15, -0.1) is 13.2 Å². The van der Waals surface area contributed by atoms with Crippen LogP contribution in [0.1, 0.15) is 24.8 Å². The van der Waals surface area contributed by atoms with Crippen molar-refractivity contribution >= 4 is 5.91 Å². The average molecular weight is 342 g/mol. The van der Waals surface area contributed by atoms with E-state index >= 15 is 0 Å². The lowest BCUT2D eigenvalue weighted by Crippen LogP contribution is -2.33. The first-order valence-electron chi connectivity index (χ1n) is 8.20. The molecule has 2 N–H and O–H groups in total. The second kappa shape index (κ2) is 6.63. The molecular weight excluding hydrogens is 321 g/mol.